The summed E-state index contributed by atoms with van der Waals surface area (Å²) in [7, 11) is 0. The van der Waals surface area contributed by atoms with Crippen LogP contribution in [0.2, 0.25) is 0 Å². The molecule has 2 fully saturated rings. The van der Waals surface area contributed by atoms with E-state index in [0.717, 1.165) is 55.1 Å². The summed E-state index contributed by atoms with van der Waals surface area (Å²) in [5.41, 5.74) is 1.71. The van der Waals surface area contributed by atoms with Crippen LogP contribution in [0.3, 0.4) is 0 Å². The highest BCUT2D eigenvalue weighted by atomic mass is 16.2. The number of carbonyl (C=O) groups excluding carboxylic acids is 1. The molecule has 1 aliphatic heterocycles. The number of para-hydroxylation sites is 1. The third kappa shape index (κ3) is 3.15. The second kappa shape index (κ2) is 6.87. The number of fused-ring (bicyclic) bond motifs is 1. The molecule has 27 heavy (non-hydrogen) atoms. The van der Waals surface area contributed by atoms with E-state index in [1.807, 2.05) is 41.4 Å². The Balaban J connectivity index is 1.33. The van der Waals surface area contributed by atoms with Crippen molar-refractivity contribution in [3.8, 4) is 0 Å². The molecule has 1 saturated carbocycles. The molecule has 1 atom stereocenters. The summed E-state index contributed by atoms with van der Waals surface area (Å²) in [6.45, 7) is 2.67. The zero-order valence-electron chi connectivity index (χ0n) is 15.6. The number of nitrogens with zero attached hydrogens (tertiary/aromatic N) is 3. The van der Waals surface area contributed by atoms with Crippen LogP contribution in [0.25, 0.3) is 10.9 Å². The summed E-state index contributed by atoms with van der Waals surface area (Å²) in [5.74, 6) is 2.41. The zero-order valence-corrected chi connectivity index (χ0v) is 15.6. The van der Waals surface area contributed by atoms with Crippen LogP contribution in [-0.2, 0) is 6.54 Å². The van der Waals surface area contributed by atoms with Crippen molar-refractivity contribution in [2.75, 3.05) is 13.1 Å². The van der Waals surface area contributed by atoms with Gasteiger partial charge >= 0.3 is 0 Å². The Morgan fingerprint density at radius 3 is 2.89 bits per heavy atom. The zero-order chi connectivity index (χ0) is 18.2. The molecule has 1 amide bonds. The molecule has 0 unspecified atom stereocenters. The maximum atomic E-state index is 13.1. The molecular formula is C22H26N4O. The van der Waals surface area contributed by atoms with Crippen LogP contribution < -0.4 is 0 Å². The van der Waals surface area contributed by atoms with E-state index in [9.17, 15) is 4.79 Å². The van der Waals surface area contributed by atoms with Crippen LogP contribution in [0.5, 0.6) is 0 Å². The topological polar surface area (TPSA) is 53.9 Å². The van der Waals surface area contributed by atoms with Gasteiger partial charge in [0, 0.05) is 48.8 Å². The Morgan fingerprint density at radius 1 is 1.19 bits per heavy atom. The highest BCUT2D eigenvalue weighted by Gasteiger charge is 2.29. The highest BCUT2D eigenvalue weighted by molar-refractivity contribution is 5.98. The van der Waals surface area contributed by atoms with Crippen LogP contribution >= 0.6 is 0 Å². The fraction of sp³-hybridized carbons (Fsp3) is 0.455. The van der Waals surface area contributed by atoms with Crippen molar-refractivity contribution in [3.63, 3.8) is 0 Å². The maximum absolute atomic E-state index is 13.1. The second-order valence-corrected chi connectivity index (χ2v) is 8.10. The molecule has 2 aliphatic rings. The number of aromatic amines is 1. The van der Waals surface area contributed by atoms with Crippen molar-refractivity contribution in [1.82, 2.24) is 19.4 Å². The average molecular weight is 362 g/mol. The Bertz CT molecular complexity index is 919. The van der Waals surface area contributed by atoms with Gasteiger partial charge in [-0.05, 0) is 43.7 Å². The number of nitrogens with one attached hydrogen (secondary N) is 1. The number of likely N-dealkylation sites (tertiary alicyclic amines) is 1. The number of amides is 1. The first-order chi connectivity index (χ1) is 13.3. The molecule has 3 heterocycles. The number of rotatable bonds is 4. The van der Waals surface area contributed by atoms with Gasteiger partial charge in [-0.2, -0.15) is 0 Å². The van der Waals surface area contributed by atoms with Crippen LogP contribution in [0.15, 0.2) is 42.7 Å². The summed E-state index contributed by atoms with van der Waals surface area (Å²) >= 11 is 0. The van der Waals surface area contributed by atoms with Crippen molar-refractivity contribution in [2.45, 2.75) is 44.6 Å². The Labute approximate surface area is 159 Å². The molecule has 1 saturated heterocycles. The Hall–Kier alpha value is -2.56. The van der Waals surface area contributed by atoms with Gasteiger partial charge in [-0.15, -0.1) is 0 Å². The largest absolute Gasteiger partial charge is 0.351 e. The van der Waals surface area contributed by atoms with Gasteiger partial charge in [-0.1, -0.05) is 24.6 Å². The quantitative estimate of drug-likeness (QED) is 0.757. The molecule has 0 spiro atoms. The van der Waals surface area contributed by atoms with Crippen LogP contribution in [0, 0.1) is 5.92 Å². The van der Waals surface area contributed by atoms with Gasteiger partial charge in [0.05, 0.1) is 0 Å². The lowest BCUT2D eigenvalue weighted by atomic mass is 9.85. The summed E-state index contributed by atoms with van der Waals surface area (Å²) in [6.07, 6.45) is 10.2. The normalized spacial score (nSPS) is 20.7. The number of piperidine rings is 1. The first kappa shape index (κ1) is 16.6. The second-order valence-electron chi connectivity index (χ2n) is 8.10. The monoisotopic (exact) mass is 362 g/mol. The van der Waals surface area contributed by atoms with E-state index in [0.29, 0.717) is 11.6 Å². The molecule has 0 radical (unpaired) electrons. The highest BCUT2D eigenvalue weighted by Crippen LogP contribution is 2.31. The van der Waals surface area contributed by atoms with Gasteiger partial charge in [0.2, 0.25) is 0 Å². The number of imidazole rings is 1. The minimum atomic E-state index is 0.105. The summed E-state index contributed by atoms with van der Waals surface area (Å²) in [5, 5.41) is 1.09. The molecular weight excluding hydrogens is 336 g/mol. The number of hydrogen-bond donors (Lipinski definition) is 1. The van der Waals surface area contributed by atoms with Crippen molar-refractivity contribution in [2.24, 2.45) is 5.92 Å². The van der Waals surface area contributed by atoms with Crippen LogP contribution in [0.4, 0.5) is 0 Å². The predicted molar refractivity (Wildman–Crippen MR) is 106 cm³/mol. The van der Waals surface area contributed by atoms with Crippen molar-refractivity contribution < 1.29 is 4.79 Å². The van der Waals surface area contributed by atoms with E-state index < -0.39 is 0 Å². The minimum Gasteiger partial charge on any atom is -0.351 e. The van der Waals surface area contributed by atoms with Crippen LogP contribution in [0.1, 0.15) is 54.3 Å². The third-order valence-corrected chi connectivity index (χ3v) is 6.26. The lowest BCUT2D eigenvalue weighted by molar-refractivity contribution is 0.0697. The van der Waals surface area contributed by atoms with Gasteiger partial charge in [0.15, 0.2) is 0 Å². The molecule has 3 aromatic rings. The minimum absolute atomic E-state index is 0.105. The average Bonchev–Trinajstić information content (AvgIpc) is 3.30. The molecule has 5 heteroatoms. The van der Waals surface area contributed by atoms with E-state index >= 15 is 0 Å². The molecule has 1 aliphatic carbocycles. The molecule has 1 N–H and O–H groups in total. The molecule has 5 nitrogen and oxygen atoms in total. The summed E-state index contributed by atoms with van der Waals surface area (Å²) in [4.78, 5) is 23.0. The lowest BCUT2D eigenvalue weighted by Gasteiger charge is -2.33. The number of hydrogen-bond acceptors (Lipinski definition) is 2. The number of H-pyrrole nitrogens is 1. The van der Waals surface area contributed by atoms with E-state index in [2.05, 4.69) is 20.7 Å². The van der Waals surface area contributed by atoms with E-state index in [4.69, 9.17) is 0 Å². The van der Waals surface area contributed by atoms with Gasteiger partial charge < -0.3 is 14.5 Å². The maximum Gasteiger partial charge on any atom is 0.270 e. The van der Waals surface area contributed by atoms with E-state index in [-0.39, 0.29) is 5.91 Å². The molecule has 5 rings (SSSR count). The third-order valence-electron chi connectivity index (χ3n) is 6.26. The molecule has 140 valence electrons. The predicted octanol–water partition coefficient (Wildman–Crippen LogP) is 4.18. The lowest BCUT2D eigenvalue weighted by Crippen LogP contribution is -2.40. The fourth-order valence-electron chi connectivity index (χ4n) is 4.52. The van der Waals surface area contributed by atoms with Crippen molar-refractivity contribution in [1.29, 1.82) is 0 Å². The first-order valence-electron chi connectivity index (χ1n) is 10.2. The van der Waals surface area contributed by atoms with Gasteiger partial charge in [0.1, 0.15) is 11.5 Å². The van der Waals surface area contributed by atoms with Gasteiger partial charge in [0.25, 0.3) is 5.91 Å². The standard InChI is InChI=1S/C22H26N4O/c27-22(20-13-17-7-1-2-9-19(17)24-20)26-11-4-8-18(15-26)21-23-10-12-25(21)14-16-5-3-6-16/h1-2,7,9-10,12-13,16,18,24H,3-6,8,11,14-15H2/t18-/m1/s1. The number of aromatic nitrogens is 3. The van der Waals surface area contributed by atoms with Gasteiger partial charge in [-0.25, -0.2) is 4.98 Å². The Morgan fingerprint density at radius 2 is 2.07 bits per heavy atom. The molecule has 2 aromatic heterocycles. The smallest absolute Gasteiger partial charge is 0.270 e. The fourth-order valence-corrected chi connectivity index (χ4v) is 4.52. The first-order valence-corrected chi connectivity index (χ1v) is 10.2. The molecule has 1 aromatic carbocycles. The van der Waals surface area contributed by atoms with Gasteiger partial charge in [-0.3, -0.25) is 4.79 Å². The van der Waals surface area contributed by atoms with E-state index in [1.165, 1.54) is 19.3 Å². The van der Waals surface area contributed by atoms with E-state index in [1.54, 1.807) is 0 Å². The van der Waals surface area contributed by atoms with Crippen molar-refractivity contribution >= 4 is 16.8 Å². The molecule has 0 bridgehead atoms. The summed E-state index contributed by atoms with van der Waals surface area (Å²) in [6, 6.07) is 10.0. The number of carbonyl (C=O) groups is 1. The summed E-state index contributed by atoms with van der Waals surface area (Å²) < 4.78 is 2.34. The SMILES string of the molecule is O=C(c1cc2ccccc2[nH]1)N1CCC[C@@H](c2nccn2CC2CCC2)C1. The van der Waals surface area contributed by atoms with Crippen molar-refractivity contribution in [3.05, 3.63) is 54.2 Å². The number of benzene rings is 1. The Kier molecular flexibility index (Phi) is 4.23. The van der Waals surface area contributed by atoms with Crippen LogP contribution in [-0.4, -0.2) is 38.4 Å².